The van der Waals surface area contributed by atoms with E-state index < -0.39 is 0 Å². The van der Waals surface area contributed by atoms with E-state index in [4.69, 9.17) is 16.4 Å². The average Bonchev–Trinajstić information content (AvgIpc) is 2.72. The maximum Gasteiger partial charge on any atom is 0.183 e. The van der Waals surface area contributed by atoms with E-state index in [1.807, 2.05) is 18.2 Å². The number of pyridine rings is 1. The molecule has 2 aromatic rings. The van der Waals surface area contributed by atoms with Crippen molar-refractivity contribution in [1.29, 1.82) is 0 Å². The lowest BCUT2D eigenvalue weighted by atomic mass is 10.4. The molecule has 2 rings (SSSR count). The molecule has 0 spiro atoms. The summed E-state index contributed by atoms with van der Waals surface area (Å²) in [5.74, 6) is 0. The Morgan fingerprint density at radius 3 is 3.06 bits per heavy atom. The van der Waals surface area contributed by atoms with Gasteiger partial charge in [0.05, 0.1) is 16.8 Å². The van der Waals surface area contributed by atoms with Crippen LogP contribution in [-0.4, -0.2) is 16.2 Å². The van der Waals surface area contributed by atoms with Gasteiger partial charge < -0.3 is 4.84 Å². The van der Waals surface area contributed by atoms with Gasteiger partial charge in [0.2, 0.25) is 0 Å². The molecule has 0 fully saturated rings. The maximum atomic E-state index is 5.67. The quantitative estimate of drug-likeness (QED) is 0.622. The smallest absolute Gasteiger partial charge is 0.183 e. The fourth-order valence-corrected chi connectivity index (χ4v) is 1.88. The highest BCUT2D eigenvalue weighted by Gasteiger charge is 1.98. The van der Waals surface area contributed by atoms with E-state index in [9.17, 15) is 0 Å². The lowest BCUT2D eigenvalue weighted by Crippen LogP contribution is -1.87. The summed E-state index contributed by atoms with van der Waals surface area (Å²) in [6.45, 7) is 0.369. The second kappa shape index (κ2) is 5.58. The predicted octanol–water partition coefficient (Wildman–Crippen LogP) is 2.74. The summed E-state index contributed by atoms with van der Waals surface area (Å²) >= 11 is 7.05. The molecule has 0 saturated heterocycles. The summed E-state index contributed by atoms with van der Waals surface area (Å²) in [7, 11) is 0. The second-order valence-corrected chi connectivity index (χ2v) is 4.54. The van der Waals surface area contributed by atoms with E-state index in [0.717, 1.165) is 10.6 Å². The number of aromatic nitrogens is 2. The highest BCUT2D eigenvalue weighted by atomic mass is 35.5. The van der Waals surface area contributed by atoms with Gasteiger partial charge in [-0.1, -0.05) is 22.8 Å². The van der Waals surface area contributed by atoms with Crippen LogP contribution in [-0.2, 0) is 11.4 Å². The highest BCUT2D eigenvalue weighted by Crippen LogP contribution is 2.18. The molecule has 0 N–H and O–H groups in total. The van der Waals surface area contributed by atoms with Crippen molar-refractivity contribution in [3.8, 4) is 0 Å². The molecule has 0 aliphatic heterocycles. The molecule has 2 aromatic heterocycles. The molecule has 4 nitrogen and oxygen atoms in total. The second-order valence-electron chi connectivity index (χ2n) is 2.84. The van der Waals surface area contributed by atoms with Gasteiger partial charge in [-0.3, -0.25) is 4.98 Å². The number of thiazole rings is 1. The number of oxime groups is 1. The molecule has 0 saturated carbocycles. The molecule has 16 heavy (non-hydrogen) atoms. The number of hydrogen-bond donors (Lipinski definition) is 0. The lowest BCUT2D eigenvalue weighted by Gasteiger charge is -1.94. The van der Waals surface area contributed by atoms with E-state index in [1.165, 1.54) is 11.3 Å². The Bertz CT molecular complexity index is 472. The molecule has 0 bridgehead atoms. The van der Waals surface area contributed by atoms with Gasteiger partial charge >= 0.3 is 0 Å². The molecule has 6 heteroatoms. The Morgan fingerprint density at radius 2 is 2.38 bits per heavy atom. The van der Waals surface area contributed by atoms with Crippen LogP contribution >= 0.6 is 22.9 Å². The van der Waals surface area contributed by atoms with Gasteiger partial charge in [-0.25, -0.2) is 4.98 Å². The third-order valence-corrected chi connectivity index (χ3v) is 2.77. The van der Waals surface area contributed by atoms with E-state index in [1.54, 1.807) is 18.6 Å². The molecule has 0 atom stereocenters. The number of halogens is 1. The molecule has 0 aliphatic rings. The van der Waals surface area contributed by atoms with Crippen LogP contribution in [0.1, 0.15) is 10.6 Å². The van der Waals surface area contributed by atoms with E-state index >= 15 is 0 Å². The average molecular weight is 254 g/mol. The summed E-state index contributed by atoms with van der Waals surface area (Å²) in [6.07, 6.45) is 4.93. The minimum atomic E-state index is 0.369. The summed E-state index contributed by atoms with van der Waals surface area (Å²) < 4.78 is 0.507. The summed E-state index contributed by atoms with van der Waals surface area (Å²) in [4.78, 5) is 14.0. The Balaban J connectivity index is 1.82. The Hall–Kier alpha value is -1.46. The topological polar surface area (TPSA) is 47.4 Å². The molecule has 0 aliphatic carbocycles. The van der Waals surface area contributed by atoms with Crippen molar-refractivity contribution >= 4 is 29.2 Å². The van der Waals surface area contributed by atoms with Gasteiger partial charge in [-0.05, 0) is 12.1 Å². The summed E-state index contributed by atoms with van der Waals surface area (Å²) in [6, 6.07) is 5.57. The highest BCUT2D eigenvalue weighted by molar-refractivity contribution is 7.15. The monoisotopic (exact) mass is 253 g/mol. The third kappa shape index (κ3) is 3.29. The van der Waals surface area contributed by atoms with Gasteiger partial charge in [0.1, 0.15) is 0 Å². The number of hydrogen-bond acceptors (Lipinski definition) is 5. The first-order chi connectivity index (χ1) is 7.84. The minimum absolute atomic E-state index is 0.369. The van der Waals surface area contributed by atoms with Crippen LogP contribution in [0.25, 0.3) is 0 Å². The van der Waals surface area contributed by atoms with E-state index in [2.05, 4.69) is 15.1 Å². The van der Waals surface area contributed by atoms with Crippen LogP contribution < -0.4 is 0 Å². The fraction of sp³-hybridized carbons (Fsp3) is 0.100. The van der Waals surface area contributed by atoms with Crippen molar-refractivity contribution in [3.63, 3.8) is 0 Å². The molecule has 0 amide bonds. The Morgan fingerprint density at radius 1 is 1.44 bits per heavy atom. The first-order valence-corrected chi connectivity index (χ1v) is 5.70. The first kappa shape index (κ1) is 11.0. The van der Waals surface area contributed by atoms with E-state index in [-0.39, 0.29) is 0 Å². The molecule has 82 valence electrons. The Labute approximate surface area is 102 Å². The normalized spacial score (nSPS) is 10.8. The first-order valence-electron chi connectivity index (χ1n) is 4.51. The van der Waals surface area contributed by atoms with Crippen LogP contribution in [0, 0.1) is 0 Å². The summed E-state index contributed by atoms with van der Waals surface area (Å²) in [5.41, 5.74) is 0.754. The largest absolute Gasteiger partial charge is 0.390 e. The minimum Gasteiger partial charge on any atom is -0.390 e. The van der Waals surface area contributed by atoms with Crippen molar-refractivity contribution < 1.29 is 4.84 Å². The summed E-state index contributed by atoms with van der Waals surface area (Å²) in [5, 5.41) is 3.79. The van der Waals surface area contributed by atoms with Gasteiger partial charge in [0.15, 0.2) is 11.1 Å². The van der Waals surface area contributed by atoms with E-state index in [0.29, 0.717) is 11.1 Å². The van der Waals surface area contributed by atoms with Crippen LogP contribution in [0.4, 0.5) is 0 Å². The van der Waals surface area contributed by atoms with Crippen LogP contribution in [0.15, 0.2) is 35.7 Å². The molecule has 0 unspecified atom stereocenters. The number of nitrogens with zero attached hydrogens (tertiary/aromatic N) is 3. The Kier molecular flexibility index (Phi) is 3.85. The van der Waals surface area contributed by atoms with Crippen molar-refractivity contribution in [2.75, 3.05) is 0 Å². The molecular weight excluding hydrogens is 246 g/mol. The molecular formula is C10H8ClN3OS. The molecule has 2 heterocycles. The predicted molar refractivity (Wildman–Crippen MR) is 63.7 cm³/mol. The third-order valence-electron chi connectivity index (χ3n) is 1.68. The SMILES string of the molecule is Clc1ncc(CO/N=C\c2ccccn2)s1. The van der Waals surface area contributed by atoms with Gasteiger partial charge in [-0.2, -0.15) is 0 Å². The maximum absolute atomic E-state index is 5.67. The van der Waals surface area contributed by atoms with Crippen molar-refractivity contribution in [3.05, 3.63) is 45.6 Å². The fourth-order valence-electron chi connectivity index (χ4n) is 0.995. The molecule has 0 aromatic carbocycles. The van der Waals surface area contributed by atoms with Crippen LogP contribution in [0.2, 0.25) is 4.47 Å². The zero-order chi connectivity index (χ0) is 11.2. The van der Waals surface area contributed by atoms with Gasteiger partial charge in [-0.15, -0.1) is 11.3 Å². The zero-order valence-corrected chi connectivity index (χ0v) is 9.78. The van der Waals surface area contributed by atoms with Crippen molar-refractivity contribution in [2.24, 2.45) is 5.16 Å². The van der Waals surface area contributed by atoms with Crippen LogP contribution in [0.5, 0.6) is 0 Å². The number of rotatable bonds is 4. The standard InChI is InChI=1S/C10H8ClN3OS/c11-10-13-6-9(16-10)7-15-14-5-8-3-1-2-4-12-8/h1-6H,7H2/b14-5-. The lowest BCUT2D eigenvalue weighted by molar-refractivity contribution is 0.134. The zero-order valence-electron chi connectivity index (χ0n) is 8.21. The van der Waals surface area contributed by atoms with Gasteiger partial charge in [0, 0.05) is 12.4 Å². The molecule has 0 radical (unpaired) electrons. The van der Waals surface area contributed by atoms with Crippen molar-refractivity contribution in [1.82, 2.24) is 9.97 Å². The van der Waals surface area contributed by atoms with Gasteiger partial charge in [0.25, 0.3) is 0 Å². The van der Waals surface area contributed by atoms with Crippen molar-refractivity contribution in [2.45, 2.75) is 6.61 Å². The van der Waals surface area contributed by atoms with Crippen LogP contribution in [0.3, 0.4) is 0 Å².